The van der Waals surface area contributed by atoms with Crippen molar-refractivity contribution in [3.63, 3.8) is 0 Å². The minimum absolute atomic E-state index is 0.193. The van der Waals surface area contributed by atoms with Gasteiger partial charge in [-0.15, -0.1) is 0 Å². The molecular formula is C26H30FN5O3. The van der Waals surface area contributed by atoms with E-state index < -0.39 is 11.7 Å². The fourth-order valence-corrected chi connectivity index (χ4v) is 4.12. The van der Waals surface area contributed by atoms with Gasteiger partial charge < -0.3 is 20.5 Å². The number of amides is 1. The lowest BCUT2D eigenvalue weighted by Crippen LogP contribution is -2.37. The van der Waals surface area contributed by atoms with Gasteiger partial charge in [0, 0.05) is 43.1 Å². The van der Waals surface area contributed by atoms with Crippen molar-refractivity contribution >= 4 is 17.5 Å². The Morgan fingerprint density at radius 2 is 1.94 bits per heavy atom. The molecule has 3 aromatic rings. The van der Waals surface area contributed by atoms with Crippen molar-refractivity contribution in [1.29, 1.82) is 0 Å². The number of anilines is 2. The number of hydrogen-bond acceptors (Lipinski definition) is 7. The van der Waals surface area contributed by atoms with Crippen LogP contribution in [0.25, 0.3) is 11.3 Å². The van der Waals surface area contributed by atoms with Crippen molar-refractivity contribution in [2.24, 2.45) is 5.73 Å². The van der Waals surface area contributed by atoms with Gasteiger partial charge in [-0.25, -0.2) is 14.4 Å². The molecule has 1 aliphatic rings. The standard InChI is InChI=1S/C26H30FN5O3/c1-17-5-3-6-18(2)23(17)24-20(25(28)33)16-29-26(31-24)30-19-7-8-22(21(27)15-19)35-12-4-9-32-10-13-34-14-11-32/h3,5-8,15-16H,4,9-14H2,1-2H3,(H2,28,33)(H,29,30,31). The molecule has 4 rings (SSSR count). The van der Waals surface area contributed by atoms with Crippen LogP contribution in [0.1, 0.15) is 27.9 Å². The molecule has 0 saturated carbocycles. The Morgan fingerprint density at radius 1 is 1.20 bits per heavy atom. The second kappa shape index (κ2) is 11.2. The third-order valence-electron chi connectivity index (χ3n) is 5.94. The number of carbonyl (C=O) groups excluding carboxylic acids is 1. The average molecular weight is 480 g/mol. The van der Waals surface area contributed by atoms with Crippen molar-refractivity contribution in [1.82, 2.24) is 14.9 Å². The summed E-state index contributed by atoms with van der Waals surface area (Å²) in [5.74, 6) is -0.676. The monoisotopic (exact) mass is 479 g/mol. The molecule has 9 heteroatoms. The highest BCUT2D eigenvalue weighted by Gasteiger charge is 2.18. The number of ether oxygens (including phenoxy) is 2. The second-order valence-electron chi connectivity index (χ2n) is 8.51. The van der Waals surface area contributed by atoms with E-state index in [1.807, 2.05) is 32.0 Å². The van der Waals surface area contributed by atoms with Crippen LogP contribution in [0.2, 0.25) is 0 Å². The van der Waals surface area contributed by atoms with Crippen LogP contribution in [0.3, 0.4) is 0 Å². The summed E-state index contributed by atoms with van der Waals surface area (Å²) in [7, 11) is 0. The van der Waals surface area contributed by atoms with Gasteiger partial charge >= 0.3 is 0 Å². The molecule has 3 N–H and O–H groups in total. The fourth-order valence-electron chi connectivity index (χ4n) is 4.12. The lowest BCUT2D eigenvalue weighted by atomic mass is 9.97. The highest BCUT2D eigenvalue weighted by molar-refractivity contribution is 5.99. The summed E-state index contributed by atoms with van der Waals surface area (Å²) in [6.07, 6.45) is 2.20. The van der Waals surface area contributed by atoms with E-state index in [9.17, 15) is 9.18 Å². The molecule has 1 amide bonds. The molecule has 0 aliphatic carbocycles. The first kappa shape index (κ1) is 24.6. The van der Waals surface area contributed by atoms with Crippen LogP contribution in [-0.4, -0.2) is 60.2 Å². The maximum atomic E-state index is 14.7. The molecule has 0 bridgehead atoms. The molecule has 0 atom stereocenters. The SMILES string of the molecule is Cc1cccc(C)c1-c1nc(Nc2ccc(OCCCN3CCOCC3)c(F)c2)ncc1C(N)=O. The molecule has 0 radical (unpaired) electrons. The Labute approximate surface area is 204 Å². The van der Waals surface area contributed by atoms with Crippen LogP contribution in [0, 0.1) is 19.7 Å². The largest absolute Gasteiger partial charge is 0.490 e. The summed E-state index contributed by atoms with van der Waals surface area (Å²) in [4.78, 5) is 23.1. The zero-order chi connectivity index (χ0) is 24.8. The number of nitrogens with zero attached hydrogens (tertiary/aromatic N) is 3. The van der Waals surface area contributed by atoms with Gasteiger partial charge in [0.05, 0.1) is 31.1 Å². The number of primary amides is 1. The Morgan fingerprint density at radius 3 is 2.63 bits per heavy atom. The number of nitrogens with two attached hydrogens (primary N) is 1. The van der Waals surface area contributed by atoms with Crippen molar-refractivity contribution < 1.29 is 18.7 Å². The maximum absolute atomic E-state index is 14.7. The van der Waals surface area contributed by atoms with E-state index in [1.165, 1.54) is 12.3 Å². The first-order chi connectivity index (χ1) is 16.9. The molecule has 2 aromatic carbocycles. The highest BCUT2D eigenvalue weighted by Crippen LogP contribution is 2.30. The van der Waals surface area contributed by atoms with Gasteiger partial charge in [0.2, 0.25) is 5.95 Å². The molecule has 0 unspecified atom stereocenters. The van der Waals surface area contributed by atoms with Crippen LogP contribution in [0.4, 0.5) is 16.0 Å². The van der Waals surface area contributed by atoms with Gasteiger partial charge in [0.15, 0.2) is 11.6 Å². The lowest BCUT2D eigenvalue weighted by Gasteiger charge is -2.26. The third-order valence-corrected chi connectivity index (χ3v) is 5.94. The van der Waals surface area contributed by atoms with Gasteiger partial charge in [-0.2, -0.15) is 0 Å². The van der Waals surface area contributed by atoms with Crippen molar-refractivity contribution in [3.8, 4) is 17.0 Å². The fraction of sp³-hybridized carbons (Fsp3) is 0.346. The number of benzene rings is 2. The molecule has 1 aromatic heterocycles. The van der Waals surface area contributed by atoms with E-state index in [1.54, 1.807) is 12.1 Å². The average Bonchev–Trinajstić information content (AvgIpc) is 2.83. The Balaban J connectivity index is 1.45. The summed E-state index contributed by atoms with van der Waals surface area (Å²) in [6, 6.07) is 10.4. The van der Waals surface area contributed by atoms with E-state index in [4.69, 9.17) is 15.2 Å². The van der Waals surface area contributed by atoms with Crippen molar-refractivity contribution in [3.05, 3.63) is 65.1 Å². The summed E-state index contributed by atoms with van der Waals surface area (Å²) in [5.41, 5.74) is 9.42. The summed E-state index contributed by atoms with van der Waals surface area (Å²) in [5, 5.41) is 3.01. The lowest BCUT2D eigenvalue weighted by molar-refractivity contribution is 0.0357. The number of halogens is 1. The smallest absolute Gasteiger partial charge is 0.252 e. The van der Waals surface area contributed by atoms with E-state index in [0.29, 0.717) is 18.0 Å². The molecule has 184 valence electrons. The normalized spacial score (nSPS) is 14.0. The number of aryl methyl sites for hydroxylation is 2. The zero-order valence-corrected chi connectivity index (χ0v) is 20.0. The van der Waals surface area contributed by atoms with E-state index in [0.717, 1.165) is 56.0 Å². The minimum Gasteiger partial charge on any atom is -0.490 e. The molecular weight excluding hydrogens is 449 g/mol. The van der Waals surface area contributed by atoms with Crippen LogP contribution >= 0.6 is 0 Å². The van der Waals surface area contributed by atoms with Crippen LogP contribution in [0.15, 0.2) is 42.6 Å². The third kappa shape index (κ3) is 6.12. The van der Waals surface area contributed by atoms with Crippen LogP contribution < -0.4 is 15.8 Å². The molecule has 8 nitrogen and oxygen atoms in total. The quantitative estimate of drug-likeness (QED) is 0.450. The predicted molar refractivity (Wildman–Crippen MR) is 133 cm³/mol. The molecule has 1 fully saturated rings. The first-order valence-electron chi connectivity index (χ1n) is 11.7. The number of morpholine rings is 1. The Kier molecular flexibility index (Phi) is 7.89. The minimum atomic E-state index is -0.615. The van der Waals surface area contributed by atoms with E-state index >= 15 is 0 Å². The van der Waals surface area contributed by atoms with Gasteiger partial charge in [0.1, 0.15) is 0 Å². The predicted octanol–water partition coefficient (Wildman–Crippen LogP) is 3.84. The highest BCUT2D eigenvalue weighted by atomic mass is 19.1. The van der Waals surface area contributed by atoms with Crippen LogP contribution in [-0.2, 0) is 4.74 Å². The number of rotatable bonds is 9. The molecule has 0 spiro atoms. The topological polar surface area (TPSA) is 103 Å². The number of aromatic nitrogens is 2. The van der Waals surface area contributed by atoms with Crippen LogP contribution in [0.5, 0.6) is 5.75 Å². The second-order valence-corrected chi connectivity index (χ2v) is 8.51. The number of nitrogens with one attached hydrogen (secondary N) is 1. The zero-order valence-electron chi connectivity index (χ0n) is 20.0. The molecule has 1 saturated heterocycles. The van der Waals surface area contributed by atoms with Gasteiger partial charge in [-0.05, 0) is 43.5 Å². The molecule has 1 aliphatic heterocycles. The summed E-state index contributed by atoms with van der Waals surface area (Å²) in [6.45, 7) is 8.55. The van der Waals surface area contributed by atoms with E-state index in [-0.39, 0.29) is 17.3 Å². The Hall–Kier alpha value is -3.56. The van der Waals surface area contributed by atoms with E-state index in [2.05, 4.69) is 20.2 Å². The molecule has 2 heterocycles. The van der Waals surface area contributed by atoms with Crippen molar-refractivity contribution in [2.45, 2.75) is 20.3 Å². The van der Waals surface area contributed by atoms with Gasteiger partial charge in [-0.3, -0.25) is 9.69 Å². The maximum Gasteiger partial charge on any atom is 0.252 e. The van der Waals surface area contributed by atoms with Gasteiger partial charge in [-0.1, -0.05) is 18.2 Å². The van der Waals surface area contributed by atoms with Gasteiger partial charge in [0.25, 0.3) is 5.91 Å². The Bertz CT molecular complexity index is 1180. The first-order valence-corrected chi connectivity index (χ1v) is 11.7. The molecule has 35 heavy (non-hydrogen) atoms. The van der Waals surface area contributed by atoms with Crippen molar-refractivity contribution in [2.75, 3.05) is 44.8 Å². The summed E-state index contributed by atoms with van der Waals surface area (Å²) < 4.78 is 25.6. The number of hydrogen-bond donors (Lipinski definition) is 2. The summed E-state index contributed by atoms with van der Waals surface area (Å²) >= 11 is 0. The number of carbonyl (C=O) groups is 1.